The van der Waals surface area contributed by atoms with Gasteiger partial charge in [-0.2, -0.15) is 0 Å². The molecule has 0 aliphatic carbocycles. The first kappa shape index (κ1) is 17.8. The van der Waals surface area contributed by atoms with E-state index in [2.05, 4.69) is 34.3 Å². The monoisotopic (exact) mass is 353 g/mol. The minimum atomic E-state index is -0.134. The highest BCUT2D eigenvalue weighted by Crippen LogP contribution is 2.16. The number of aryl methyl sites for hydroxylation is 2. The van der Waals surface area contributed by atoms with Crippen LogP contribution in [0.15, 0.2) is 30.3 Å². The SMILES string of the molecule is CCc1ccc(Nc2nc(C)cc(C(=O)N3CCN(C=O)CC3)n2)cc1. The predicted octanol–water partition coefficient (Wildman–Crippen LogP) is 2.01. The molecule has 2 heterocycles. The van der Waals surface area contributed by atoms with Gasteiger partial charge < -0.3 is 15.1 Å². The second kappa shape index (κ2) is 7.95. The summed E-state index contributed by atoms with van der Waals surface area (Å²) in [5.74, 6) is 0.273. The van der Waals surface area contributed by atoms with E-state index in [1.807, 2.05) is 19.1 Å². The van der Waals surface area contributed by atoms with Crippen LogP contribution in [-0.4, -0.2) is 58.3 Å². The molecule has 3 rings (SSSR count). The van der Waals surface area contributed by atoms with Crippen molar-refractivity contribution < 1.29 is 9.59 Å². The molecule has 2 amide bonds. The summed E-state index contributed by atoms with van der Waals surface area (Å²) in [5.41, 5.74) is 3.23. The number of piperazine rings is 1. The molecule has 0 spiro atoms. The maximum atomic E-state index is 12.7. The third-order valence-corrected chi connectivity index (χ3v) is 4.44. The Balaban J connectivity index is 1.74. The summed E-state index contributed by atoms with van der Waals surface area (Å²) in [4.78, 5) is 35.7. The van der Waals surface area contributed by atoms with E-state index in [0.29, 0.717) is 37.8 Å². The van der Waals surface area contributed by atoms with Crippen LogP contribution in [0, 0.1) is 6.92 Å². The van der Waals surface area contributed by atoms with E-state index in [-0.39, 0.29) is 5.91 Å². The molecule has 1 aliphatic heterocycles. The normalized spacial score (nSPS) is 14.2. The highest BCUT2D eigenvalue weighted by Gasteiger charge is 2.23. The van der Waals surface area contributed by atoms with Crippen molar-refractivity contribution in [3.05, 3.63) is 47.3 Å². The average Bonchev–Trinajstić information content (AvgIpc) is 2.67. The molecule has 1 N–H and O–H groups in total. The second-order valence-electron chi connectivity index (χ2n) is 6.33. The van der Waals surface area contributed by atoms with Gasteiger partial charge in [0.25, 0.3) is 5.91 Å². The molecule has 0 unspecified atom stereocenters. The van der Waals surface area contributed by atoms with E-state index in [4.69, 9.17) is 0 Å². The quantitative estimate of drug-likeness (QED) is 0.832. The number of carbonyl (C=O) groups is 2. The van der Waals surface area contributed by atoms with E-state index >= 15 is 0 Å². The van der Waals surface area contributed by atoms with Gasteiger partial charge in [-0.25, -0.2) is 9.97 Å². The number of nitrogens with one attached hydrogen (secondary N) is 1. The number of anilines is 2. The predicted molar refractivity (Wildman–Crippen MR) is 99.4 cm³/mol. The summed E-state index contributed by atoms with van der Waals surface area (Å²) in [6, 6.07) is 9.75. The van der Waals surface area contributed by atoms with Gasteiger partial charge in [-0.05, 0) is 37.1 Å². The third kappa shape index (κ3) is 4.17. The van der Waals surface area contributed by atoms with Gasteiger partial charge >= 0.3 is 0 Å². The Kier molecular flexibility index (Phi) is 5.46. The van der Waals surface area contributed by atoms with Gasteiger partial charge in [-0.1, -0.05) is 19.1 Å². The van der Waals surface area contributed by atoms with Gasteiger partial charge in [-0.15, -0.1) is 0 Å². The summed E-state index contributed by atoms with van der Waals surface area (Å²) >= 11 is 0. The van der Waals surface area contributed by atoms with Crippen molar-refractivity contribution in [2.24, 2.45) is 0 Å². The molecule has 136 valence electrons. The first-order valence-corrected chi connectivity index (χ1v) is 8.79. The fraction of sp³-hybridized carbons (Fsp3) is 0.368. The number of amides is 2. The summed E-state index contributed by atoms with van der Waals surface area (Å²) in [5, 5.41) is 3.16. The number of benzene rings is 1. The highest BCUT2D eigenvalue weighted by atomic mass is 16.2. The van der Waals surface area contributed by atoms with Crippen LogP contribution in [0.5, 0.6) is 0 Å². The molecule has 1 aromatic heterocycles. The molecule has 0 radical (unpaired) electrons. The number of nitrogens with zero attached hydrogens (tertiary/aromatic N) is 4. The minimum absolute atomic E-state index is 0.134. The van der Waals surface area contributed by atoms with Crippen molar-refractivity contribution in [2.75, 3.05) is 31.5 Å². The Morgan fingerprint density at radius 3 is 2.46 bits per heavy atom. The zero-order chi connectivity index (χ0) is 18.5. The molecular weight excluding hydrogens is 330 g/mol. The molecule has 26 heavy (non-hydrogen) atoms. The van der Waals surface area contributed by atoms with Crippen molar-refractivity contribution in [2.45, 2.75) is 20.3 Å². The van der Waals surface area contributed by atoms with Gasteiger partial charge in [-0.3, -0.25) is 9.59 Å². The highest BCUT2D eigenvalue weighted by molar-refractivity contribution is 5.93. The number of carbonyl (C=O) groups excluding carboxylic acids is 2. The fourth-order valence-electron chi connectivity index (χ4n) is 2.88. The molecular formula is C19H23N5O2. The lowest BCUT2D eigenvalue weighted by Crippen LogP contribution is -2.48. The van der Waals surface area contributed by atoms with Crippen LogP contribution in [0.3, 0.4) is 0 Å². The lowest BCUT2D eigenvalue weighted by molar-refractivity contribution is -0.119. The van der Waals surface area contributed by atoms with Crippen LogP contribution in [0.2, 0.25) is 0 Å². The van der Waals surface area contributed by atoms with Crippen LogP contribution in [0.1, 0.15) is 28.7 Å². The Morgan fingerprint density at radius 2 is 1.85 bits per heavy atom. The smallest absolute Gasteiger partial charge is 0.272 e. The lowest BCUT2D eigenvalue weighted by Gasteiger charge is -2.32. The molecule has 0 atom stereocenters. The minimum Gasteiger partial charge on any atom is -0.342 e. The van der Waals surface area contributed by atoms with Gasteiger partial charge in [0.1, 0.15) is 5.69 Å². The maximum Gasteiger partial charge on any atom is 0.272 e. The van der Waals surface area contributed by atoms with Gasteiger partial charge in [0.05, 0.1) is 0 Å². The molecule has 1 aliphatic rings. The van der Waals surface area contributed by atoms with Gasteiger partial charge in [0.2, 0.25) is 12.4 Å². The molecule has 0 saturated carbocycles. The van der Waals surface area contributed by atoms with E-state index in [1.165, 1.54) is 5.56 Å². The van der Waals surface area contributed by atoms with Crippen LogP contribution in [0.25, 0.3) is 0 Å². The van der Waals surface area contributed by atoms with Gasteiger partial charge in [0.15, 0.2) is 0 Å². The molecule has 1 fully saturated rings. The number of hydrogen-bond acceptors (Lipinski definition) is 5. The molecule has 2 aromatic rings. The molecule has 7 heteroatoms. The van der Waals surface area contributed by atoms with Crippen LogP contribution < -0.4 is 5.32 Å². The fourth-order valence-corrected chi connectivity index (χ4v) is 2.88. The molecule has 7 nitrogen and oxygen atoms in total. The molecule has 1 aromatic carbocycles. The number of aromatic nitrogens is 2. The van der Waals surface area contributed by atoms with E-state index in [9.17, 15) is 9.59 Å². The van der Waals surface area contributed by atoms with E-state index < -0.39 is 0 Å². The summed E-state index contributed by atoms with van der Waals surface area (Å²) in [6.45, 7) is 6.08. The third-order valence-electron chi connectivity index (χ3n) is 4.44. The zero-order valence-corrected chi connectivity index (χ0v) is 15.1. The van der Waals surface area contributed by atoms with E-state index in [1.54, 1.807) is 15.9 Å². The Hall–Kier alpha value is -2.96. The standard InChI is InChI=1S/C19H23N5O2/c1-3-15-4-6-16(7-5-15)21-19-20-14(2)12-17(22-19)18(26)24-10-8-23(13-25)9-11-24/h4-7,12-13H,3,8-11H2,1-2H3,(H,20,21,22). The molecule has 1 saturated heterocycles. The lowest BCUT2D eigenvalue weighted by atomic mass is 10.1. The summed E-state index contributed by atoms with van der Waals surface area (Å²) in [7, 11) is 0. The Labute approximate surface area is 153 Å². The Morgan fingerprint density at radius 1 is 1.15 bits per heavy atom. The maximum absolute atomic E-state index is 12.7. The first-order chi connectivity index (χ1) is 12.6. The first-order valence-electron chi connectivity index (χ1n) is 8.79. The summed E-state index contributed by atoms with van der Waals surface area (Å²) < 4.78 is 0. The van der Waals surface area contributed by atoms with Crippen molar-refractivity contribution in [3.63, 3.8) is 0 Å². The second-order valence-corrected chi connectivity index (χ2v) is 6.33. The zero-order valence-electron chi connectivity index (χ0n) is 15.1. The van der Waals surface area contributed by atoms with Crippen LogP contribution >= 0.6 is 0 Å². The van der Waals surface area contributed by atoms with Gasteiger partial charge in [0, 0.05) is 37.6 Å². The Bertz CT molecular complexity index is 783. The van der Waals surface area contributed by atoms with E-state index in [0.717, 1.165) is 24.2 Å². The number of rotatable bonds is 5. The van der Waals surface area contributed by atoms with Crippen LogP contribution in [0.4, 0.5) is 11.6 Å². The average molecular weight is 353 g/mol. The topological polar surface area (TPSA) is 78.4 Å². The molecule has 0 bridgehead atoms. The van der Waals surface area contributed by atoms with Crippen LogP contribution in [-0.2, 0) is 11.2 Å². The number of hydrogen-bond donors (Lipinski definition) is 1. The summed E-state index contributed by atoms with van der Waals surface area (Å²) in [6.07, 6.45) is 1.81. The van der Waals surface area contributed by atoms with Crippen molar-refractivity contribution in [1.29, 1.82) is 0 Å². The van der Waals surface area contributed by atoms with Crippen molar-refractivity contribution in [3.8, 4) is 0 Å². The largest absolute Gasteiger partial charge is 0.342 e. The van der Waals surface area contributed by atoms with Crippen molar-refractivity contribution >= 4 is 24.0 Å². The van der Waals surface area contributed by atoms with Crippen molar-refractivity contribution in [1.82, 2.24) is 19.8 Å².